The molecule has 4 heteroatoms. The molecule has 0 aromatic heterocycles. The largest absolute Gasteiger partial charge is 0.490 e. The molecular weight excluding hydrogens is 266 g/mol. The molecular formula is C17H21NO3. The van der Waals surface area contributed by atoms with Gasteiger partial charge in [0.2, 0.25) is 0 Å². The van der Waals surface area contributed by atoms with Gasteiger partial charge in [-0.25, -0.2) is 0 Å². The molecule has 0 fully saturated rings. The Kier molecular flexibility index (Phi) is 5.32. The van der Waals surface area contributed by atoms with Crippen LogP contribution in [0.15, 0.2) is 42.5 Å². The highest BCUT2D eigenvalue weighted by atomic mass is 16.5. The maximum atomic E-state index is 5.73. The van der Waals surface area contributed by atoms with Crippen molar-refractivity contribution in [1.82, 2.24) is 0 Å². The molecule has 0 atom stereocenters. The summed E-state index contributed by atoms with van der Waals surface area (Å²) >= 11 is 0. The zero-order valence-corrected chi connectivity index (χ0v) is 12.5. The van der Waals surface area contributed by atoms with E-state index in [0.29, 0.717) is 19.8 Å². The monoisotopic (exact) mass is 287 g/mol. The molecule has 0 radical (unpaired) electrons. The summed E-state index contributed by atoms with van der Waals surface area (Å²) in [6, 6.07) is 13.2. The molecule has 2 aromatic carbocycles. The number of nitrogens with two attached hydrogens (primary N) is 1. The highest BCUT2D eigenvalue weighted by molar-refractivity contribution is 5.44. The summed E-state index contributed by atoms with van der Waals surface area (Å²) in [6.45, 7) is 5.58. The summed E-state index contributed by atoms with van der Waals surface area (Å²) in [4.78, 5) is 0. The van der Waals surface area contributed by atoms with Gasteiger partial charge in [0.1, 0.15) is 12.4 Å². The van der Waals surface area contributed by atoms with Crippen LogP contribution >= 0.6 is 0 Å². The molecule has 0 aliphatic heterocycles. The van der Waals surface area contributed by atoms with E-state index in [1.807, 2.05) is 56.3 Å². The molecule has 4 nitrogen and oxygen atoms in total. The van der Waals surface area contributed by atoms with Crippen molar-refractivity contribution >= 4 is 5.69 Å². The topological polar surface area (TPSA) is 53.7 Å². The number of hydrogen-bond donors (Lipinski definition) is 1. The average Bonchev–Trinajstić information content (AvgIpc) is 2.49. The van der Waals surface area contributed by atoms with E-state index in [-0.39, 0.29) is 0 Å². The van der Waals surface area contributed by atoms with Gasteiger partial charge in [0, 0.05) is 5.69 Å². The molecule has 0 heterocycles. The lowest BCUT2D eigenvalue weighted by molar-refractivity contribution is 0.283. The molecule has 21 heavy (non-hydrogen) atoms. The normalized spacial score (nSPS) is 10.2. The quantitative estimate of drug-likeness (QED) is 0.790. The van der Waals surface area contributed by atoms with Crippen molar-refractivity contribution in [3.8, 4) is 17.2 Å². The highest BCUT2D eigenvalue weighted by Crippen LogP contribution is 2.29. The third-order valence-corrected chi connectivity index (χ3v) is 2.89. The number of nitrogen functional groups attached to an aromatic ring is 1. The molecule has 2 N–H and O–H groups in total. The molecule has 0 aliphatic rings. The van der Waals surface area contributed by atoms with E-state index in [2.05, 4.69) is 0 Å². The maximum Gasteiger partial charge on any atom is 0.161 e. The van der Waals surface area contributed by atoms with E-state index < -0.39 is 0 Å². The number of benzene rings is 2. The number of ether oxygens (including phenoxy) is 3. The van der Waals surface area contributed by atoms with Crippen molar-refractivity contribution in [3.63, 3.8) is 0 Å². The van der Waals surface area contributed by atoms with Crippen LogP contribution in [0.2, 0.25) is 0 Å². The van der Waals surface area contributed by atoms with Gasteiger partial charge in [-0.2, -0.15) is 0 Å². The molecule has 2 rings (SSSR count). The van der Waals surface area contributed by atoms with Gasteiger partial charge >= 0.3 is 0 Å². The van der Waals surface area contributed by atoms with E-state index in [4.69, 9.17) is 19.9 Å². The Balaban J connectivity index is 2.05. The summed E-state index contributed by atoms with van der Waals surface area (Å²) < 4.78 is 16.9. The van der Waals surface area contributed by atoms with Crippen LogP contribution in [-0.4, -0.2) is 13.2 Å². The van der Waals surface area contributed by atoms with E-state index in [9.17, 15) is 0 Å². The van der Waals surface area contributed by atoms with Gasteiger partial charge in [0.05, 0.1) is 13.2 Å². The van der Waals surface area contributed by atoms with Crippen molar-refractivity contribution in [2.24, 2.45) is 0 Å². The summed E-state index contributed by atoms with van der Waals surface area (Å²) in [6.07, 6.45) is 0. The Bertz CT molecular complexity index is 567. The molecule has 0 amide bonds. The van der Waals surface area contributed by atoms with Gasteiger partial charge in [0.15, 0.2) is 11.5 Å². The molecule has 0 unspecified atom stereocenters. The van der Waals surface area contributed by atoms with Gasteiger partial charge in [-0.05, 0) is 55.8 Å². The molecule has 2 aromatic rings. The van der Waals surface area contributed by atoms with Crippen LogP contribution in [-0.2, 0) is 6.61 Å². The Hall–Kier alpha value is -2.36. The van der Waals surface area contributed by atoms with Gasteiger partial charge < -0.3 is 19.9 Å². The standard InChI is InChI=1S/C17H21NO3/c1-3-19-16-10-5-13(11-17(16)20-4-2)12-21-15-8-6-14(18)7-9-15/h5-11H,3-4,12,18H2,1-2H3. The third kappa shape index (κ3) is 4.31. The van der Waals surface area contributed by atoms with Crippen LogP contribution in [0.1, 0.15) is 19.4 Å². The SMILES string of the molecule is CCOc1ccc(COc2ccc(N)cc2)cc1OCC. The van der Waals surface area contributed by atoms with Crippen molar-refractivity contribution < 1.29 is 14.2 Å². The van der Waals surface area contributed by atoms with Crippen molar-refractivity contribution in [2.75, 3.05) is 18.9 Å². The summed E-state index contributed by atoms with van der Waals surface area (Å²) in [5.41, 5.74) is 7.40. The molecule has 0 aliphatic carbocycles. The van der Waals surface area contributed by atoms with Crippen molar-refractivity contribution in [3.05, 3.63) is 48.0 Å². The fraction of sp³-hybridized carbons (Fsp3) is 0.294. The predicted molar refractivity (Wildman–Crippen MR) is 84.0 cm³/mol. The second kappa shape index (κ2) is 7.43. The first-order chi connectivity index (χ1) is 10.2. The minimum absolute atomic E-state index is 0.469. The van der Waals surface area contributed by atoms with Crippen LogP contribution < -0.4 is 19.9 Å². The van der Waals surface area contributed by atoms with Crippen LogP contribution in [0.5, 0.6) is 17.2 Å². The molecule has 0 bridgehead atoms. The van der Waals surface area contributed by atoms with Crippen LogP contribution in [0.4, 0.5) is 5.69 Å². The Morgan fingerprint density at radius 3 is 2.14 bits per heavy atom. The van der Waals surface area contributed by atoms with Crippen LogP contribution in [0, 0.1) is 0 Å². The molecule has 112 valence electrons. The maximum absolute atomic E-state index is 5.73. The molecule has 0 saturated carbocycles. The predicted octanol–water partition coefficient (Wildman–Crippen LogP) is 3.65. The zero-order valence-electron chi connectivity index (χ0n) is 12.5. The number of anilines is 1. The van der Waals surface area contributed by atoms with E-state index in [1.54, 1.807) is 0 Å². The smallest absolute Gasteiger partial charge is 0.161 e. The van der Waals surface area contributed by atoms with E-state index >= 15 is 0 Å². The summed E-state index contributed by atoms with van der Waals surface area (Å²) in [5.74, 6) is 2.30. The first-order valence-corrected chi connectivity index (χ1v) is 7.09. The minimum Gasteiger partial charge on any atom is -0.490 e. The second-order valence-electron chi connectivity index (χ2n) is 4.50. The molecule has 0 spiro atoms. The Labute approximate surface area is 125 Å². The minimum atomic E-state index is 0.469. The highest BCUT2D eigenvalue weighted by Gasteiger charge is 2.06. The first kappa shape index (κ1) is 15.0. The van der Waals surface area contributed by atoms with Gasteiger partial charge in [-0.3, -0.25) is 0 Å². The number of rotatable bonds is 7. The molecule has 0 saturated heterocycles. The fourth-order valence-electron chi connectivity index (χ4n) is 1.92. The zero-order chi connectivity index (χ0) is 15.1. The van der Waals surface area contributed by atoms with Gasteiger partial charge in [0.25, 0.3) is 0 Å². The lowest BCUT2D eigenvalue weighted by Crippen LogP contribution is -2.01. The van der Waals surface area contributed by atoms with Gasteiger partial charge in [-0.1, -0.05) is 6.07 Å². The van der Waals surface area contributed by atoms with E-state index in [0.717, 1.165) is 28.5 Å². The lowest BCUT2D eigenvalue weighted by Gasteiger charge is -2.13. The van der Waals surface area contributed by atoms with Crippen molar-refractivity contribution in [2.45, 2.75) is 20.5 Å². The van der Waals surface area contributed by atoms with Crippen LogP contribution in [0.25, 0.3) is 0 Å². The van der Waals surface area contributed by atoms with Crippen LogP contribution in [0.3, 0.4) is 0 Å². The number of hydrogen-bond acceptors (Lipinski definition) is 4. The average molecular weight is 287 g/mol. The van der Waals surface area contributed by atoms with E-state index in [1.165, 1.54) is 0 Å². The summed E-state index contributed by atoms with van der Waals surface area (Å²) in [5, 5.41) is 0. The summed E-state index contributed by atoms with van der Waals surface area (Å²) in [7, 11) is 0. The fourth-order valence-corrected chi connectivity index (χ4v) is 1.92. The third-order valence-electron chi connectivity index (χ3n) is 2.89. The Morgan fingerprint density at radius 2 is 1.48 bits per heavy atom. The Morgan fingerprint density at radius 1 is 0.810 bits per heavy atom. The second-order valence-corrected chi connectivity index (χ2v) is 4.50. The lowest BCUT2D eigenvalue weighted by atomic mass is 10.2. The van der Waals surface area contributed by atoms with Crippen molar-refractivity contribution in [1.29, 1.82) is 0 Å². The van der Waals surface area contributed by atoms with Gasteiger partial charge in [-0.15, -0.1) is 0 Å². The first-order valence-electron chi connectivity index (χ1n) is 7.09.